The molecule has 1 fully saturated rings. The predicted molar refractivity (Wildman–Crippen MR) is 83.4 cm³/mol. The number of hydrogen-bond acceptors (Lipinski definition) is 3. The van der Waals surface area contributed by atoms with Gasteiger partial charge in [0.05, 0.1) is 10.3 Å². The van der Waals surface area contributed by atoms with Gasteiger partial charge in [0.1, 0.15) is 12.1 Å². The summed E-state index contributed by atoms with van der Waals surface area (Å²) >= 11 is 5.00. The molecule has 0 spiro atoms. The molecular weight excluding hydrogens is 340 g/mol. The summed E-state index contributed by atoms with van der Waals surface area (Å²) in [5.74, 6) is -0.0886. The number of rotatable bonds is 2. The summed E-state index contributed by atoms with van der Waals surface area (Å²) in [6.45, 7) is 8.15. The summed E-state index contributed by atoms with van der Waals surface area (Å²) in [6, 6.07) is 3.05. The van der Waals surface area contributed by atoms with Crippen molar-refractivity contribution in [3.63, 3.8) is 0 Å². The van der Waals surface area contributed by atoms with Crippen molar-refractivity contribution in [3.8, 4) is 0 Å². The second kappa shape index (κ2) is 5.48. The average Bonchev–Trinajstić information content (AvgIpc) is 2.73. The molecule has 20 heavy (non-hydrogen) atoms. The van der Waals surface area contributed by atoms with Crippen molar-refractivity contribution < 1.29 is 9.59 Å². The van der Waals surface area contributed by atoms with Crippen LogP contribution in [0.25, 0.3) is 0 Å². The Morgan fingerprint density at radius 1 is 1.35 bits per heavy atom. The second-order valence-electron chi connectivity index (χ2n) is 6.16. The van der Waals surface area contributed by atoms with Gasteiger partial charge in [0.2, 0.25) is 11.8 Å². The molecule has 2 heterocycles. The lowest BCUT2D eigenvalue weighted by Crippen LogP contribution is -2.65. The molecule has 2 unspecified atom stereocenters. The largest absolute Gasteiger partial charge is 0.342 e. The molecule has 4 nitrogen and oxygen atoms in total. The zero-order chi connectivity index (χ0) is 15.1. The van der Waals surface area contributed by atoms with Gasteiger partial charge in [0.15, 0.2) is 0 Å². The molecule has 2 rings (SSSR count). The highest BCUT2D eigenvalue weighted by Crippen LogP contribution is 2.28. The third-order valence-electron chi connectivity index (χ3n) is 3.48. The first-order chi connectivity index (χ1) is 9.20. The molecule has 6 heteroatoms. The van der Waals surface area contributed by atoms with Gasteiger partial charge in [-0.2, -0.15) is 0 Å². The van der Waals surface area contributed by atoms with Crippen LogP contribution in [0.2, 0.25) is 0 Å². The molecule has 1 saturated heterocycles. The number of hydrogen-bond donors (Lipinski definition) is 1. The molecule has 1 N–H and O–H groups in total. The van der Waals surface area contributed by atoms with E-state index in [1.165, 1.54) is 0 Å². The molecule has 0 bridgehead atoms. The standard InChI is InChI=1S/C14H19BrN2O2S/c1-8-12(18)16-11(14(2,3)4)13(19)17(8)7-9-5-6-10(15)20-9/h5-6,8,11H,7H2,1-4H3,(H,16,18). The van der Waals surface area contributed by atoms with Crippen molar-refractivity contribution in [1.29, 1.82) is 0 Å². The molecule has 1 aromatic heterocycles. The van der Waals surface area contributed by atoms with Crippen LogP contribution in [0.1, 0.15) is 32.6 Å². The minimum absolute atomic E-state index is 0.00544. The molecule has 2 atom stereocenters. The highest BCUT2D eigenvalue weighted by molar-refractivity contribution is 9.11. The number of nitrogens with one attached hydrogen (secondary N) is 1. The van der Waals surface area contributed by atoms with Crippen LogP contribution in [0, 0.1) is 5.41 Å². The normalized spacial score (nSPS) is 23.9. The number of piperazine rings is 1. The molecule has 0 aliphatic carbocycles. The van der Waals surface area contributed by atoms with E-state index in [1.807, 2.05) is 32.9 Å². The summed E-state index contributed by atoms with van der Waals surface area (Å²) in [6.07, 6.45) is 0. The third-order valence-corrected chi connectivity index (χ3v) is 5.09. The van der Waals surface area contributed by atoms with Gasteiger partial charge in [0, 0.05) is 4.88 Å². The first-order valence-electron chi connectivity index (χ1n) is 6.55. The average molecular weight is 359 g/mol. The first-order valence-corrected chi connectivity index (χ1v) is 8.16. The zero-order valence-corrected chi connectivity index (χ0v) is 14.5. The Bertz CT molecular complexity index is 536. The van der Waals surface area contributed by atoms with Crippen LogP contribution in [0.5, 0.6) is 0 Å². The van der Waals surface area contributed by atoms with Gasteiger partial charge in [0.25, 0.3) is 0 Å². The van der Waals surface area contributed by atoms with Crippen molar-refractivity contribution in [1.82, 2.24) is 10.2 Å². The number of carbonyl (C=O) groups is 2. The molecule has 1 aliphatic rings. The molecule has 0 aromatic carbocycles. The number of halogens is 1. The highest BCUT2D eigenvalue weighted by atomic mass is 79.9. The van der Waals surface area contributed by atoms with Crippen molar-refractivity contribution in [3.05, 3.63) is 20.8 Å². The maximum atomic E-state index is 12.6. The first kappa shape index (κ1) is 15.5. The maximum absolute atomic E-state index is 12.6. The van der Waals surface area contributed by atoms with Crippen LogP contribution >= 0.6 is 27.3 Å². The van der Waals surface area contributed by atoms with E-state index >= 15 is 0 Å². The van der Waals surface area contributed by atoms with E-state index in [0.717, 1.165) is 8.66 Å². The van der Waals surface area contributed by atoms with Crippen molar-refractivity contribution in [2.24, 2.45) is 5.41 Å². The van der Waals surface area contributed by atoms with Crippen LogP contribution in [0.3, 0.4) is 0 Å². The van der Waals surface area contributed by atoms with E-state index in [9.17, 15) is 9.59 Å². The van der Waals surface area contributed by atoms with Gasteiger partial charge < -0.3 is 10.2 Å². The summed E-state index contributed by atoms with van der Waals surface area (Å²) in [4.78, 5) is 27.5. The van der Waals surface area contributed by atoms with E-state index in [4.69, 9.17) is 0 Å². The lowest BCUT2D eigenvalue weighted by molar-refractivity contribution is -0.152. The number of carbonyl (C=O) groups excluding carboxylic acids is 2. The molecule has 1 aliphatic heterocycles. The fraction of sp³-hybridized carbons (Fsp3) is 0.571. The van der Waals surface area contributed by atoms with Crippen molar-refractivity contribution >= 4 is 39.1 Å². The fourth-order valence-corrected chi connectivity index (χ4v) is 3.71. The van der Waals surface area contributed by atoms with E-state index < -0.39 is 12.1 Å². The van der Waals surface area contributed by atoms with E-state index in [1.54, 1.807) is 23.2 Å². The quantitative estimate of drug-likeness (QED) is 0.883. The predicted octanol–water partition coefficient (Wildman–Crippen LogP) is 2.77. The van der Waals surface area contributed by atoms with Crippen LogP contribution in [0.4, 0.5) is 0 Å². The van der Waals surface area contributed by atoms with Crippen LogP contribution in [0.15, 0.2) is 15.9 Å². The number of nitrogens with zero attached hydrogens (tertiary/aromatic N) is 1. The van der Waals surface area contributed by atoms with Crippen LogP contribution in [-0.4, -0.2) is 28.8 Å². The highest BCUT2D eigenvalue weighted by Gasteiger charge is 2.43. The zero-order valence-electron chi connectivity index (χ0n) is 12.1. The second-order valence-corrected chi connectivity index (χ2v) is 8.70. The molecule has 0 saturated carbocycles. The Morgan fingerprint density at radius 2 is 2.00 bits per heavy atom. The van der Waals surface area contributed by atoms with Gasteiger partial charge in [-0.25, -0.2) is 0 Å². The topological polar surface area (TPSA) is 49.4 Å². The van der Waals surface area contributed by atoms with Gasteiger partial charge >= 0.3 is 0 Å². The minimum atomic E-state index is -0.463. The van der Waals surface area contributed by atoms with Crippen LogP contribution in [-0.2, 0) is 16.1 Å². The Labute approximate surface area is 131 Å². The van der Waals surface area contributed by atoms with E-state index in [2.05, 4.69) is 21.2 Å². The molecular formula is C14H19BrN2O2S. The summed E-state index contributed by atoms with van der Waals surface area (Å²) < 4.78 is 1.03. The van der Waals surface area contributed by atoms with Gasteiger partial charge in [-0.3, -0.25) is 9.59 Å². The smallest absolute Gasteiger partial charge is 0.246 e. The van der Waals surface area contributed by atoms with Crippen LogP contribution < -0.4 is 5.32 Å². The third kappa shape index (κ3) is 3.06. The van der Waals surface area contributed by atoms with Crippen molar-refractivity contribution in [2.45, 2.75) is 46.3 Å². The lowest BCUT2D eigenvalue weighted by atomic mass is 9.84. The Morgan fingerprint density at radius 3 is 2.50 bits per heavy atom. The number of thiophene rings is 1. The monoisotopic (exact) mass is 358 g/mol. The summed E-state index contributed by atoms with van der Waals surface area (Å²) in [5, 5.41) is 2.84. The molecule has 0 radical (unpaired) electrons. The van der Waals surface area contributed by atoms with Gasteiger partial charge in [-0.1, -0.05) is 20.8 Å². The van der Waals surface area contributed by atoms with E-state index in [-0.39, 0.29) is 17.2 Å². The Balaban J connectivity index is 2.24. The molecule has 110 valence electrons. The Hall–Kier alpha value is -0.880. The summed E-state index contributed by atoms with van der Waals surface area (Å²) in [7, 11) is 0. The fourth-order valence-electron chi connectivity index (χ4n) is 2.23. The van der Waals surface area contributed by atoms with Gasteiger partial charge in [-0.15, -0.1) is 11.3 Å². The number of amides is 2. The molecule has 1 aromatic rings. The maximum Gasteiger partial charge on any atom is 0.246 e. The van der Waals surface area contributed by atoms with E-state index in [0.29, 0.717) is 6.54 Å². The van der Waals surface area contributed by atoms with Gasteiger partial charge in [-0.05, 0) is 40.4 Å². The molecule has 2 amide bonds. The van der Waals surface area contributed by atoms with Crippen molar-refractivity contribution in [2.75, 3.05) is 0 Å². The summed E-state index contributed by atoms with van der Waals surface area (Å²) in [5.41, 5.74) is -0.291. The Kier molecular flexibility index (Phi) is 4.25. The lowest BCUT2D eigenvalue weighted by Gasteiger charge is -2.42. The minimum Gasteiger partial charge on any atom is -0.342 e. The SMILES string of the molecule is CC1C(=O)NC(C(C)(C)C)C(=O)N1Cc1ccc(Br)s1.